The lowest BCUT2D eigenvalue weighted by Crippen LogP contribution is -2.27. The number of allylic oxidation sites excluding steroid dienone is 4. The Bertz CT molecular complexity index is 1140. The van der Waals surface area contributed by atoms with Gasteiger partial charge in [-0.3, -0.25) is 0 Å². The van der Waals surface area contributed by atoms with Gasteiger partial charge in [0.15, 0.2) is 5.71 Å². The van der Waals surface area contributed by atoms with Crippen LogP contribution in [0.1, 0.15) is 69.7 Å². The molecule has 0 unspecified atom stereocenters. The number of nitrogens with zero attached hydrogens (tertiary/aromatic N) is 2. The lowest BCUT2D eigenvalue weighted by Gasteiger charge is -2.27. The van der Waals surface area contributed by atoms with Crippen molar-refractivity contribution in [2.24, 2.45) is 0 Å². The fourth-order valence-electron chi connectivity index (χ4n) is 5.53. The maximum atomic E-state index is 2.55. The molecule has 0 amide bonds. The molecule has 0 saturated carbocycles. The molecule has 0 atom stereocenters. The van der Waals surface area contributed by atoms with Gasteiger partial charge in [0.25, 0.3) is 0 Å². The minimum absolute atomic E-state index is 0.00126. The monoisotopic (exact) mass is 427 g/mol. The number of hydrogen-bond acceptors (Lipinski definition) is 1. The van der Waals surface area contributed by atoms with E-state index in [0.717, 1.165) is 6.54 Å². The minimum atomic E-state index is -0.00171. The van der Waals surface area contributed by atoms with Gasteiger partial charge in [0.2, 0.25) is 5.69 Å². The molecule has 0 spiro atoms. The van der Waals surface area contributed by atoms with Crippen molar-refractivity contribution in [2.75, 3.05) is 18.5 Å². The molecular weight excluding hydrogens is 388 g/mol. The van der Waals surface area contributed by atoms with Crippen molar-refractivity contribution in [1.82, 2.24) is 0 Å². The normalized spacial score (nSPS) is 19.9. The Balaban J connectivity index is 1.73. The molecule has 2 aromatic rings. The largest absolute Gasteiger partial charge is 0.344 e. The summed E-state index contributed by atoms with van der Waals surface area (Å²) in [5.41, 5.74) is 11.0. The highest BCUT2D eigenvalue weighted by atomic mass is 15.2. The number of rotatable bonds is 5. The Morgan fingerprint density at radius 2 is 1.56 bits per heavy atom. The van der Waals surface area contributed by atoms with Gasteiger partial charge in [0, 0.05) is 41.1 Å². The van der Waals surface area contributed by atoms with Crippen LogP contribution in [-0.4, -0.2) is 23.9 Å². The number of hydrogen-bond donors (Lipinski definition) is 0. The second-order valence-electron chi connectivity index (χ2n) is 10.7. The average Bonchev–Trinajstić information content (AvgIpc) is 3.05. The molecule has 0 aromatic heterocycles. The zero-order chi connectivity index (χ0) is 23.3. The summed E-state index contributed by atoms with van der Waals surface area (Å²) in [5, 5.41) is 0. The van der Waals surface area contributed by atoms with Crippen LogP contribution in [-0.2, 0) is 10.8 Å². The van der Waals surface area contributed by atoms with Crippen LogP contribution in [0.4, 0.5) is 11.4 Å². The van der Waals surface area contributed by atoms with E-state index in [-0.39, 0.29) is 10.8 Å². The van der Waals surface area contributed by atoms with Crippen molar-refractivity contribution in [3.05, 3.63) is 82.6 Å². The third-order valence-corrected chi connectivity index (χ3v) is 7.48. The van der Waals surface area contributed by atoms with Gasteiger partial charge in [-0.15, -0.1) is 0 Å². The van der Waals surface area contributed by atoms with Gasteiger partial charge in [-0.05, 0) is 57.9 Å². The first-order valence-electron chi connectivity index (χ1n) is 12.1. The van der Waals surface area contributed by atoms with E-state index in [1.54, 1.807) is 0 Å². The van der Waals surface area contributed by atoms with Crippen LogP contribution in [0.25, 0.3) is 0 Å². The zero-order valence-corrected chi connectivity index (χ0v) is 21.2. The molecule has 4 rings (SSSR count). The predicted molar refractivity (Wildman–Crippen MR) is 139 cm³/mol. The second-order valence-corrected chi connectivity index (χ2v) is 10.7. The Morgan fingerprint density at radius 1 is 0.906 bits per heavy atom. The summed E-state index contributed by atoms with van der Waals surface area (Å²) in [6.07, 6.45) is 9.37. The third kappa shape index (κ3) is 3.54. The first-order valence-corrected chi connectivity index (χ1v) is 12.1. The van der Waals surface area contributed by atoms with E-state index in [2.05, 4.69) is 120 Å². The molecule has 2 heterocycles. The van der Waals surface area contributed by atoms with Crippen LogP contribution in [0.3, 0.4) is 0 Å². The predicted octanol–water partition coefficient (Wildman–Crippen LogP) is 7.35. The number of benzene rings is 2. The summed E-state index contributed by atoms with van der Waals surface area (Å²) in [6, 6.07) is 13.8. The van der Waals surface area contributed by atoms with Crippen LogP contribution < -0.4 is 4.90 Å². The molecular formula is C30H39N2+. The van der Waals surface area contributed by atoms with Gasteiger partial charge >= 0.3 is 0 Å². The van der Waals surface area contributed by atoms with E-state index in [4.69, 9.17) is 0 Å². The summed E-state index contributed by atoms with van der Waals surface area (Å²) >= 11 is 0. The molecule has 2 aliphatic heterocycles. The number of unbranched alkanes of at least 4 members (excludes halogenated alkanes) is 1. The van der Waals surface area contributed by atoms with Crippen LogP contribution in [0.2, 0.25) is 0 Å². The Kier molecular flexibility index (Phi) is 5.69. The van der Waals surface area contributed by atoms with Gasteiger partial charge in [-0.1, -0.05) is 62.6 Å². The molecule has 32 heavy (non-hydrogen) atoms. The topological polar surface area (TPSA) is 6.25 Å². The minimum Gasteiger partial charge on any atom is -0.344 e. The Labute approximate surface area is 195 Å². The molecule has 0 N–H and O–H groups in total. The van der Waals surface area contributed by atoms with E-state index in [0.29, 0.717) is 0 Å². The van der Waals surface area contributed by atoms with Crippen molar-refractivity contribution >= 4 is 17.1 Å². The quantitative estimate of drug-likeness (QED) is 0.452. The fraction of sp³-hybridized carbons (Fsp3) is 0.433. The van der Waals surface area contributed by atoms with Crippen molar-refractivity contribution in [3.8, 4) is 0 Å². The first-order chi connectivity index (χ1) is 15.1. The number of aryl methyl sites for hydroxylation is 2. The van der Waals surface area contributed by atoms with Crippen molar-refractivity contribution < 1.29 is 4.58 Å². The van der Waals surface area contributed by atoms with Crippen LogP contribution >= 0.6 is 0 Å². The SMILES string of the molecule is CCCCN1/C(=C/C=C/C2=[N+](C)c3ccc(C)cc3C2(C)C)C(C)(C)c2cc(C)ccc21. The summed E-state index contributed by atoms with van der Waals surface area (Å²) < 4.78 is 2.36. The van der Waals surface area contributed by atoms with E-state index in [1.807, 2.05) is 0 Å². The highest BCUT2D eigenvalue weighted by Crippen LogP contribution is 2.48. The van der Waals surface area contributed by atoms with Crippen molar-refractivity contribution in [2.45, 2.75) is 72.1 Å². The van der Waals surface area contributed by atoms with E-state index in [1.165, 1.54) is 57.9 Å². The van der Waals surface area contributed by atoms with E-state index < -0.39 is 0 Å². The van der Waals surface area contributed by atoms with Gasteiger partial charge in [0.05, 0.1) is 5.41 Å². The molecule has 0 radical (unpaired) electrons. The molecule has 0 bridgehead atoms. The molecule has 2 nitrogen and oxygen atoms in total. The summed E-state index contributed by atoms with van der Waals surface area (Å²) in [6.45, 7) is 17.1. The van der Waals surface area contributed by atoms with Gasteiger partial charge in [-0.25, -0.2) is 0 Å². The summed E-state index contributed by atoms with van der Waals surface area (Å²) in [5.74, 6) is 0. The standard InChI is InChI=1S/C30H39N2/c1-9-10-18-32-26-17-15-22(3)20-24(26)30(6,7)28(32)13-11-12-27-29(4,5)23-19-21(2)14-16-25(23)31(27)8/h11-17,19-20H,9-10,18H2,1-8H3/q+1. The smallest absolute Gasteiger partial charge is 0.209 e. The van der Waals surface area contributed by atoms with E-state index >= 15 is 0 Å². The molecule has 168 valence electrons. The highest BCUT2D eigenvalue weighted by molar-refractivity contribution is 6.03. The van der Waals surface area contributed by atoms with Crippen molar-refractivity contribution in [3.63, 3.8) is 0 Å². The maximum Gasteiger partial charge on any atom is 0.209 e. The molecule has 0 saturated heterocycles. The van der Waals surface area contributed by atoms with Gasteiger partial charge in [0.1, 0.15) is 7.05 Å². The van der Waals surface area contributed by atoms with Crippen LogP contribution in [0.15, 0.2) is 60.3 Å². The third-order valence-electron chi connectivity index (χ3n) is 7.48. The molecule has 2 aromatic carbocycles. The van der Waals surface area contributed by atoms with Crippen LogP contribution in [0, 0.1) is 13.8 Å². The fourth-order valence-corrected chi connectivity index (χ4v) is 5.53. The molecule has 0 aliphatic carbocycles. The Morgan fingerprint density at radius 3 is 2.25 bits per heavy atom. The van der Waals surface area contributed by atoms with Gasteiger partial charge < -0.3 is 4.90 Å². The molecule has 2 heteroatoms. The lowest BCUT2D eigenvalue weighted by molar-refractivity contribution is -0.401. The van der Waals surface area contributed by atoms with Crippen molar-refractivity contribution in [1.29, 1.82) is 0 Å². The van der Waals surface area contributed by atoms with Gasteiger partial charge in [-0.2, -0.15) is 4.58 Å². The average molecular weight is 428 g/mol. The summed E-state index contributed by atoms with van der Waals surface area (Å²) in [4.78, 5) is 2.55. The zero-order valence-electron chi connectivity index (χ0n) is 21.2. The molecule has 0 fully saturated rings. The first kappa shape index (κ1) is 22.6. The second kappa shape index (κ2) is 8.06. The number of anilines is 1. The lowest BCUT2D eigenvalue weighted by atomic mass is 9.80. The molecule has 2 aliphatic rings. The highest BCUT2D eigenvalue weighted by Gasteiger charge is 2.43. The Hall–Kier alpha value is -2.61. The maximum absolute atomic E-state index is 2.55. The summed E-state index contributed by atoms with van der Waals surface area (Å²) in [7, 11) is 2.20. The van der Waals surface area contributed by atoms with Crippen LogP contribution in [0.5, 0.6) is 0 Å². The van der Waals surface area contributed by atoms with E-state index in [9.17, 15) is 0 Å². The number of fused-ring (bicyclic) bond motifs is 2.